The summed E-state index contributed by atoms with van der Waals surface area (Å²) < 4.78 is 28.4. The Kier molecular flexibility index (Phi) is 6.36. The smallest absolute Gasteiger partial charge is 0.270 e. The first kappa shape index (κ1) is 21.4. The number of nitrogens with zero attached hydrogens (tertiary/aromatic N) is 2. The van der Waals surface area contributed by atoms with Gasteiger partial charge in [-0.15, -0.1) is 11.3 Å². The molecule has 0 spiro atoms. The number of carbonyl (C=O) groups excluding carboxylic acids is 1. The van der Waals surface area contributed by atoms with Crippen LogP contribution in [0, 0.1) is 0 Å². The topological polar surface area (TPSA) is 79.4 Å². The number of aromatic nitrogens is 1. The van der Waals surface area contributed by atoms with E-state index in [9.17, 15) is 13.2 Å². The van der Waals surface area contributed by atoms with Crippen LogP contribution in [0.25, 0.3) is 10.8 Å². The van der Waals surface area contributed by atoms with Crippen molar-refractivity contribution in [1.82, 2.24) is 14.6 Å². The fraction of sp³-hybridized carbons (Fsp3) is 0.333. The van der Waals surface area contributed by atoms with Crippen molar-refractivity contribution in [3.8, 4) is 0 Å². The van der Waals surface area contributed by atoms with Crippen LogP contribution < -0.4 is 5.32 Å². The molecule has 0 atom stereocenters. The highest BCUT2D eigenvalue weighted by atomic mass is 32.2. The van der Waals surface area contributed by atoms with Crippen molar-refractivity contribution < 1.29 is 13.2 Å². The van der Waals surface area contributed by atoms with Gasteiger partial charge in [-0.05, 0) is 39.1 Å². The lowest BCUT2D eigenvalue weighted by Crippen LogP contribution is -2.36. The molecule has 8 heteroatoms. The molecule has 0 saturated carbocycles. The highest BCUT2D eigenvalue weighted by Gasteiger charge is 2.29. The first-order valence-corrected chi connectivity index (χ1v) is 11.8. The van der Waals surface area contributed by atoms with Crippen molar-refractivity contribution in [2.75, 3.05) is 0 Å². The maximum Gasteiger partial charge on any atom is 0.270 e. The monoisotopic (exact) mass is 431 g/mol. The molecule has 0 aliphatic heterocycles. The second-order valence-corrected chi connectivity index (χ2v) is 10.2. The lowest BCUT2D eigenvalue weighted by molar-refractivity contribution is 0.0938. The summed E-state index contributed by atoms with van der Waals surface area (Å²) in [4.78, 5) is 16.8. The van der Waals surface area contributed by atoms with Gasteiger partial charge in [-0.25, -0.2) is 13.4 Å². The number of hydrogen-bond donors (Lipinski definition) is 1. The first-order valence-electron chi connectivity index (χ1n) is 9.45. The van der Waals surface area contributed by atoms with E-state index < -0.39 is 10.0 Å². The molecule has 1 N–H and O–H groups in total. The Morgan fingerprint density at radius 1 is 1.10 bits per heavy atom. The van der Waals surface area contributed by atoms with E-state index in [1.54, 1.807) is 17.5 Å². The molecule has 0 bridgehead atoms. The van der Waals surface area contributed by atoms with E-state index in [2.05, 4.69) is 10.3 Å². The Morgan fingerprint density at radius 2 is 1.79 bits per heavy atom. The molecule has 0 aliphatic rings. The molecule has 1 aromatic heterocycles. The Labute approximate surface area is 175 Å². The average Bonchev–Trinajstić information content (AvgIpc) is 3.13. The standard InChI is InChI=1S/C21H25N3O3S2/c1-14(2)22-21(25)18-13-28-20(23-18)12-24(15(3)4)29(26,27)19-11-7-9-16-8-5-6-10-17(16)19/h5-11,13-15H,12H2,1-4H3,(H,22,25). The zero-order valence-electron chi connectivity index (χ0n) is 16.9. The molecule has 2 aromatic carbocycles. The summed E-state index contributed by atoms with van der Waals surface area (Å²) >= 11 is 1.29. The van der Waals surface area contributed by atoms with Gasteiger partial charge in [0, 0.05) is 22.8 Å². The van der Waals surface area contributed by atoms with Gasteiger partial charge in [0.05, 0.1) is 11.4 Å². The summed E-state index contributed by atoms with van der Waals surface area (Å²) in [5.74, 6) is -0.254. The number of hydrogen-bond acceptors (Lipinski definition) is 5. The summed E-state index contributed by atoms with van der Waals surface area (Å²) in [7, 11) is -3.76. The Morgan fingerprint density at radius 3 is 2.48 bits per heavy atom. The summed E-state index contributed by atoms with van der Waals surface area (Å²) in [5, 5.41) is 6.61. The second kappa shape index (κ2) is 8.61. The minimum absolute atomic E-state index is 0.00607. The van der Waals surface area contributed by atoms with E-state index in [0.717, 1.165) is 5.39 Å². The molecule has 3 aromatic rings. The quantitative estimate of drug-likeness (QED) is 0.612. The van der Waals surface area contributed by atoms with Gasteiger partial charge >= 0.3 is 0 Å². The van der Waals surface area contributed by atoms with Crippen LogP contribution in [0.5, 0.6) is 0 Å². The van der Waals surface area contributed by atoms with E-state index >= 15 is 0 Å². The second-order valence-electron chi connectivity index (χ2n) is 7.38. The van der Waals surface area contributed by atoms with Gasteiger partial charge < -0.3 is 5.32 Å². The average molecular weight is 432 g/mol. The van der Waals surface area contributed by atoms with Crippen LogP contribution in [0.15, 0.2) is 52.7 Å². The molecular weight excluding hydrogens is 406 g/mol. The maximum absolute atomic E-state index is 13.5. The summed E-state index contributed by atoms with van der Waals surface area (Å²) in [6.07, 6.45) is 0. The van der Waals surface area contributed by atoms with E-state index in [1.165, 1.54) is 15.6 Å². The number of fused-ring (bicyclic) bond motifs is 1. The molecule has 154 valence electrons. The normalized spacial score (nSPS) is 12.2. The fourth-order valence-corrected chi connectivity index (χ4v) is 5.72. The molecule has 6 nitrogen and oxygen atoms in total. The zero-order chi connectivity index (χ0) is 21.2. The molecule has 0 radical (unpaired) electrons. The van der Waals surface area contributed by atoms with Crippen LogP contribution in [-0.4, -0.2) is 35.7 Å². The minimum Gasteiger partial charge on any atom is -0.349 e. The largest absolute Gasteiger partial charge is 0.349 e. The number of sulfonamides is 1. The van der Waals surface area contributed by atoms with Crippen molar-refractivity contribution in [2.24, 2.45) is 0 Å². The van der Waals surface area contributed by atoms with E-state index in [0.29, 0.717) is 16.1 Å². The lowest BCUT2D eigenvalue weighted by Gasteiger charge is -2.25. The Balaban J connectivity index is 1.94. The lowest BCUT2D eigenvalue weighted by atomic mass is 10.1. The van der Waals surface area contributed by atoms with Crippen molar-refractivity contribution in [3.63, 3.8) is 0 Å². The van der Waals surface area contributed by atoms with E-state index in [1.807, 2.05) is 58.0 Å². The summed E-state index contributed by atoms with van der Waals surface area (Å²) in [6.45, 7) is 7.54. The van der Waals surface area contributed by atoms with Gasteiger partial charge in [0.25, 0.3) is 5.91 Å². The summed E-state index contributed by atoms with van der Waals surface area (Å²) in [5.41, 5.74) is 0.310. The number of thiazole rings is 1. The molecule has 0 unspecified atom stereocenters. The van der Waals surface area contributed by atoms with Crippen LogP contribution in [-0.2, 0) is 16.6 Å². The SMILES string of the molecule is CC(C)NC(=O)c1csc(CN(C(C)C)S(=O)(=O)c2cccc3ccccc23)n1. The van der Waals surface area contributed by atoms with Crippen LogP contribution in [0.2, 0.25) is 0 Å². The van der Waals surface area contributed by atoms with Crippen LogP contribution in [0.4, 0.5) is 0 Å². The Bertz CT molecular complexity index is 1120. The fourth-order valence-electron chi connectivity index (χ4n) is 3.05. The van der Waals surface area contributed by atoms with Gasteiger partial charge in [0.1, 0.15) is 10.7 Å². The number of carbonyl (C=O) groups is 1. The molecule has 29 heavy (non-hydrogen) atoms. The van der Waals surface area contributed by atoms with Crippen molar-refractivity contribution in [2.45, 2.75) is 51.2 Å². The number of amides is 1. The number of nitrogens with one attached hydrogen (secondary N) is 1. The predicted octanol–water partition coefficient (Wildman–Crippen LogP) is 4.03. The highest BCUT2D eigenvalue weighted by Crippen LogP contribution is 2.28. The third-order valence-corrected chi connectivity index (χ3v) is 7.32. The van der Waals surface area contributed by atoms with Gasteiger partial charge in [0.2, 0.25) is 10.0 Å². The van der Waals surface area contributed by atoms with Gasteiger partial charge in [-0.2, -0.15) is 4.31 Å². The molecule has 1 heterocycles. The number of benzene rings is 2. The minimum atomic E-state index is -3.76. The Hall–Kier alpha value is -2.29. The number of rotatable bonds is 7. The zero-order valence-corrected chi connectivity index (χ0v) is 18.5. The van der Waals surface area contributed by atoms with Crippen LogP contribution in [0.3, 0.4) is 0 Å². The van der Waals surface area contributed by atoms with Gasteiger partial charge in [-0.3, -0.25) is 4.79 Å². The van der Waals surface area contributed by atoms with E-state index in [-0.39, 0.29) is 29.4 Å². The van der Waals surface area contributed by atoms with Crippen molar-refractivity contribution in [3.05, 3.63) is 58.5 Å². The summed E-state index contributed by atoms with van der Waals surface area (Å²) in [6, 6.07) is 12.5. The van der Waals surface area contributed by atoms with Crippen molar-refractivity contribution >= 4 is 38.0 Å². The van der Waals surface area contributed by atoms with E-state index in [4.69, 9.17) is 0 Å². The molecule has 3 rings (SSSR count). The van der Waals surface area contributed by atoms with Crippen LogP contribution >= 0.6 is 11.3 Å². The molecular formula is C21H25N3O3S2. The first-order chi connectivity index (χ1) is 13.7. The third-order valence-electron chi connectivity index (χ3n) is 4.41. The molecule has 0 saturated heterocycles. The predicted molar refractivity (Wildman–Crippen MR) is 117 cm³/mol. The molecule has 0 aliphatic carbocycles. The van der Waals surface area contributed by atoms with Crippen LogP contribution in [0.1, 0.15) is 43.2 Å². The van der Waals surface area contributed by atoms with Gasteiger partial charge in [0.15, 0.2) is 0 Å². The third kappa shape index (κ3) is 4.66. The molecule has 0 fully saturated rings. The molecule has 1 amide bonds. The van der Waals surface area contributed by atoms with Crippen molar-refractivity contribution in [1.29, 1.82) is 0 Å². The maximum atomic E-state index is 13.5. The highest BCUT2D eigenvalue weighted by molar-refractivity contribution is 7.89. The van der Waals surface area contributed by atoms with Gasteiger partial charge in [-0.1, -0.05) is 36.4 Å².